The van der Waals surface area contributed by atoms with Gasteiger partial charge in [0.1, 0.15) is 12.1 Å². The first-order valence-electron chi connectivity index (χ1n) is 7.06. The fourth-order valence-corrected chi connectivity index (χ4v) is 2.50. The Labute approximate surface area is 148 Å². The minimum absolute atomic E-state index is 0.279. The second-order valence-electron chi connectivity index (χ2n) is 4.99. The molecule has 122 valence electrons. The van der Waals surface area contributed by atoms with Crippen molar-refractivity contribution >= 4 is 40.6 Å². The number of hydrogen-bond acceptors (Lipinski definition) is 3. The Balaban J connectivity index is 1.60. The number of aromatic nitrogens is 3. The van der Waals surface area contributed by atoms with E-state index in [2.05, 4.69) is 20.7 Å². The lowest BCUT2D eigenvalue weighted by molar-refractivity contribution is 0.628. The third kappa shape index (κ3) is 4.50. The zero-order valence-electron chi connectivity index (χ0n) is 12.4. The smallest absolute Gasteiger partial charge is 0.248 e. The van der Waals surface area contributed by atoms with Gasteiger partial charge in [-0.2, -0.15) is 0 Å². The van der Waals surface area contributed by atoms with Crippen molar-refractivity contribution in [3.63, 3.8) is 0 Å². The number of anilines is 2. The summed E-state index contributed by atoms with van der Waals surface area (Å²) < 4.78 is 14.8. The van der Waals surface area contributed by atoms with E-state index in [-0.39, 0.29) is 10.9 Å². The maximum absolute atomic E-state index is 13.1. The van der Waals surface area contributed by atoms with E-state index < -0.39 is 0 Å². The summed E-state index contributed by atoms with van der Waals surface area (Å²) in [5, 5.41) is 11.0. The van der Waals surface area contributed by atoms with E-state index in [1.165, 1.54) is 12.1 Å². The highest BCUT2D eigenvalue weighted by atomic mass is 35.5. The SMILES string of the molecule is Fc1cccc(NC(=S)Nc2ncn(Cc3cccc(Cl)c3)n2)c1. The van der Waals surface area contributed by atoms with Crippen LogP contribution in [0, 0.1) is 5.82 Å². The van der Waals surface area contributed by atoms with E-state index in [4.69, 9.17) is 23.8 Å². The molecule has 5 nitrogen and oxygen atoms in total. The van der Waals surface area contributed by atoms with Gasteiger partial charge in [0.25, 0.3) is 0 Å². The van der Waals surface area contributed by atoms with Crippen molar-refractivity contribution in [2.24, 2.45) is 0 Å². The maximum atomic E-state index is 13.1. The van der Waals surface area contributed by atoms with E-state index in [1.54, 1.807) is 23.1 Å². The summed E-state index contributed by atoms with van der Waals surface area (Å²) in [6.07, 6.45) is 1.59. The lowest BCUT2D eigenvalue weighted by Crippen LogP contribution is -2.20. The molecule has 0 unspecified atom stereocenters. The van der Waals surface area contributed by atoms with Crippen molar-refractivity contribution in [3.8, 4) is 0 Å². The first-order valence-corrected chi connectivity index (χ1v) is 7.84. The summed E-state index contributed by atoms with van der Waals surface area (Å²) in [7, 11) is 0. The Morgan fingerprint density at radius 1 is 1.17 bits per heavy atom. The Bertz CT molecular complexity index is 867. The number of thiocarbonyl (C=S) groups is 1. The molecule has 0 atom stereocenters. The third-order valence-corrected chi connectivity index (χ3v) is 3.52. The van der Waals surface area contributed by atoms with Gasteiger partial charge in [-0.15, -0.1) is 5.10 Å². The molecule has 0 radical (unpaired) electrons. The highest BCUT2D eigenvalue weighted by Crippen LogP contribution is 2.12. The Hall–Kier alpha value is -2.51. The fourth-order valence-electron chi connectivity index (χ4n) is 2.08. The maximum Gasteiger partial charge on any atom is 0.248 e. The van der Waals surface area contributed by atoms with Crippen molar-refractivity contribution in [1.29, 1.82) is 0 Å². The molecule has 2 aromatic carbocycles. The number of nitrogens with one attached hydrogen (secondary N) is 2. The Morgan fingerprint density at radius 3 is 2.79 bits per heavy atom. The van der Waals surface area contributed by atoms with E-state index in [9.17, 15) is 4.39 Å². The molecule has 0 amide bonds. The monoisotopic (exact) mass is 361 g/mol. The van der Waals surface area contributed by atoms with Crippen LogP contribution in [0.2, 0.25) is 5.02 Å². The molecular weight excluding hydrogens is 349 g/mol. The van der Waals surface area contributed by atoms with Crippen LogP contribution in [-0.4, -0.2) is 19.9 Å². The van der Waals surface area contributed by atoms with E-state index in [0.717, 1.165) is 5.56 Å². The van der Waals surface area contributed by atoms with Crippen LogP contribution < -0.4 is 10.6 Å². The van der Waals surface area contributed by atoms with Gasteiger partial charge in [0.15, 0.2) is 5.11 Å². The molecule has 0 aliphatic carbocycles. The van der Waals surface area contributed by atoms with Crippen LogP contribution in [0.15, 0.2) is 54.9 Å². The van der Waals surface area contributed by atoms with Crippen molar-refractivity contribution in [2.45, 2.75) is 6.54 Å². The average Bonchev–Trinajstić information content (AvgIpc) is 2.94. The quantitative estimate of drug-likeness (QED) is 0.690. The number of benzene rings is 2. The predicted octanol–water partition coefficient (Wildman–Crippen LogP) is 3.93. The molecule has 3 aromatic rings. The van der Waals surface area contributed by atoms with Crippen molar-refractivity contribution in [2.75, 3.05) is 10.6 Å². The molecule has 0 aliphatic heterocycles. The summed E-state index contributed by atoms with van der Waals surface area (Å²) in [5.41, 5.74) is 1.56. The highest BCUT2D eigenvalue weighted by Gasteiger charge is 2.05. The molecule has 1 aromatic heterocycles. The van der Waals surface area contributed by atoms with Crippen molar-refractivity contribution in [1.82, 2.24) is 14.8 Å². The largest absolute Gasteiger partial charge is 0.332 e. The van der Waals surface area contributed by atoms with Gasteiger partial charge < -0.3 is 5.32 Å². The average molecular weight is 362 g/mol. The first-order chi connectivity index (χ1) is 11.6. The Kier molecular flexibility index (Phi) is 5.02. The molecule has 8 heteroatoms. The second kappa shape index (κ2) is 7.37. The third-order valence-electron chi connectivity index (χ3n) is 3.08. The first kappa shape index (κ1) is 16.4. The van der Waals surface area contributed by atoms with Gasteiger partial charge in [-0.1, -0.05) is 29.8 Å². The molecule has 0 saturated heterocycles. The standard InChI is InChI=1S/C16H13ClFN5S/c17-12-4-1-3-11(7-12)9-23-10-19-15(22-23)21-16(24)20-14-6-2-5-13(18)8-14/h1-8,10H,9H2,(H2,20,21,22,24). The lowest BCUT2D eigenvalue weighted by atomic mass is 10.2. The summed E-state index contributed by atoms with van der Waals surface area (Å²) in [6, 6.07) is 13.5. The minimum Gasteiger partial charge on any atom is -0.332 e. The molecule has 0 spiro atoms. The van der Waals surface area contributed by atoms with Crippen LogP contribution in [0.4, 0.5) is 16.0 Å². The summed E-state index contributed by atoms with van der Waals surface area (Å²) in [6.45, 7) is 0.541. The molecule has 3 rings (SSSR count). The van der Waals surface area contributed by atoms with Gasteiger partial charge in [0.05, 0.1) is 6.54 Å². The normalized spacial score (nSPS) is 10.4. The van der Waals surface area contributed by atoms with Gasteiger partial charge in [0, 0.05) is 10.7 Å². The van der Waals surface area contributed by atoms with Crippen LogP contribution in [0.5, 0.6) is 0 Å². The summed E-state index contributed by atoms with van der Waals surface area (Å²) in [5.74, 6) is 0.0117. The number of halogens is 2. The highest BCUT2D eigenvalue weighted by molar-refractivity contribution is 7.80. The predicted molar refractivity (Wildman–Crippen MR) is 96.8 cm³/mol. The molecular formula is C16H13ClFN5S. The lowest BCUT2D eigenvalue weighted by Gasteiger charge is -2.07. The molecule has 1 heterocycles. The van der Waals surface area contributed by atoms with Gasteiger partial charge in [0.2, 0.25) is 5.95 Å². The van der Waals surface area contributed by atoms with E-state index in [1.807, 2.05) is 24.3 Å². The van der Waals surface area contributed by atoms with E-state index >= 15 is 0 Å². The van der Waals surface area contributed by atoms with Crippen LogP contribution in [0.3, 0.4) is 0 Å². The summed E-state index contributed by atoms with van der Waals surface area (Å²) >= 11 is 11.1. The molecule has 2 N–H and O–H groups in total. The fraction of sp³-hybridized carbons (Fsp3) is 0.0625. The number of hydrogen-bond donors (Lipinski definition) is 2. The zero-order chi connectivity index (χ0) is 16.9. The van der Waals surface area contributed by atoms with Crippen LogP contribution in [0.25, 0.3) is 0 Å². The molecule has 0 aliphatic rings. The topological polar surface area (TPSA) is 54.8 Å². The van der Waals surface area contributed by atoms with Crippen molar-refractivity contribution in [3.05, 3.63) is 71.3 Å². The Morgan fingerprint density at radius 2 is 2.00 bits per heavy atom. The van der Waals surface area contributed by atoms with Crippen LogP contribution in [-0.2, 0) is 6.54 Å². The summed E-state index contributed by atoms with van der Waals surface area (Å²) in [4.78, 5) is 4.14. The number of nitrogens with zero attached hydrogens (tertiary/aromatic N) is 3. The molecule has 24 heavy (non-hydrogen) atoms. The second-order valence-corrected chi connectivity index (χ2v) is 5.83. The van der Waals surface area contributed by atoms with Gasteiger partial charge >= 0.3 is 0 Å². The van der Waals surface area contributed by atoms with E-state index in [0.29, 0.717) is 23.2 Å². The van der Waals surface area contributed by atoms with Gasteiger partial charge in [-0.25, -0.2) is 14.1 Å². The van der Waals surface area contributed by atoms with Gasteiger partial charge in [-0.3, -0.25) is 5.32 Å². The zero-order valence-corrected chi connectivity index (χ0v) is 14.0. The number of rotatable bonds is 4. The minimum atomic E-state index is -0.341. The molecule has 0 saturated carbocycles. The molecule has 0 bridgehead atoms. The van der Waals surface area contributed by atoms with Crippen LogP contribution in [0.1, 0.15) is 5.56 Å². The molecule has 0 fully saturated rings. The van der Waals surface area contributed by atoms with Crippen LogP contribution >= 0.6 is 23.8 Å². The van der Waals surface area contributed by atoms with Gasteiger partial charge in [-0.05, 0) is 48.1 Å². The van der Waals surface area contributed by atoms with Crippen molar-refractivity contribution < 1.29 is 4.39 Å².